The molecule has 0 N–H and O–H groups in total. The van der Waals surface area contributed by atoms with Gasteiger partial charge in [0.25, 0.3) is 0 Å². The van der Waals surface area contributed by atoms with Crippen LogP contribution in [0.2, 0.25) is 0 Å². The average Bonchev–Trinajstić information content (AvgIpc) is 2.62. The summed E-state index contributed by atoms with van der Waals surface area (Å²) >= 11 is 0. The summed E-state index contributed by atoms with van der Waals surface area (Å²) in [5.41, 5.74) is 5.43. The van der Waals surface area contributed by atoms with Crippen LogP contribution in [0.4, 0.5) is 0 Å². The first-order chi connectivity index (χ1) is 11.2. The van der Waals surface area contributed by atoms with Crippen LogP contribution in [-0.4, -0.2) is 5.78 Å². The molecule has 1 atom stereocenters. The molecule has 0 radical (unpaired) electrons. The van der Waals surface area contributed by atoms with Crippen LogP contribution >= 0.6 is 0 Å². The number of benzene rings is 3. The Labute approximate surface area is 137 Å². The minimum Gasteiger partial charge on any atom is -0.295 e. The van der Waals surface area contributed by atoms with Crippen molar-refractivity contribution in [2.24, 2.45) is 0 Å². The van der Waals surface area contributed by atoms with Gasteiger partial charge in [-0.15, -0.1) is 0 Å². The van der Waals surface area contributed by atoms with Crippen LogP contribution in [0.25, 0.3) is 11.1 Å². The lowest BCUT2D eigenvalue weighted by Gasteiger charge is -2.17. The van der Waals surface area contributed by atoms with Crippen LogP contribution in [0, 0.1) is 0 Å². The Morgan fingerprint density at radius 1 is 0.783 bits per heavy atom. The number of carbonyl (C=O) groups excluding carboxylic acids is 1. The van der Waals surface area contributed by atoms with E-state index in [0.717, 1.165) is 16.7 Å². The molecule has 1 heteroatoms. The lowest BCUT2D eigenvalue weighted by Crippen LogP contribution is -2.05. The van der Waals surface area contributed by atoms with E-state index in [0.29, 0.717) is 0 Å². The van der Waals surface area contributed by atoms with Crippen molar-refractivity contribution in [1.82, 2.24) is 0 Å². The maximum absolute atomic E-state index is 12.0. The van der Waals surface area contributed by atoms with Crippen LogP contribution in [0.1, 0.15) is 41.3 Å². The predicted octanol–water partition coefficient (Wildman–Crippen LogP) is 5.71. The molecular formula is C22H20O. The second-order valence-electron chi connectivity index (χ2n) is 5.86. The standard InChI is InChI=1S/C22H20O/c1-16(18-9-5-3-6-10-18)22-15-20(13-14-21(22)17(2)23)19-11-7-4-8-12-19/h3-16H,1-2H3. The third kappa shape index (κ3) is 3.24. The van der Waals surface area contributed by atoms with Crippen molar-refractivity contribution < 1.29 is 4.79 Å². The summed E-state index contributed by atoms with van der Waals surface area (Å²) in [4.78, 5) is 12.0. The SMILES string of the molecule is CC(=O)c1ccc(-c2ccccc2)cc1C(C)c1ccccc1. The monoisotopic (exact) mass is 300 g/mol. The molecule has 0 spiro atoms. The zero-order chi connectivity index (χ0) is 16.2. The van der Waals surface area contributed by atoms with Crippen LogP contribution in [0.15, 0.2) is 78.9 Å². The van der Waals surface area contributed by atoms with Crippen molar-refractivity contribution in [3.63, 3.8) is 0 Å². The normalized spacial score (nSPS) is 11.9. The van der Waals surface area contributed by atoms with E-state index in [9.17, 15) is 4.79 Å². The summed E-state index contributed by atoms with van der Waals surface area (Å²) in [5, 5.41) is 0. The van der Waals surface area contributed by atoms with Crippen molar-refractivity contribution >= 4 is 5.78 Å². The van der Waals surface area contributed by atoms with Gasteiger partial charge in [0.05, 0.1) is 0 Å². The summed E-state index contributed by atoms with van der Waals surface area (Å²) in [6.07, 6.45) is 0. The largest absolute Gasteiger partial charge is 0.295 e. The number of rotatable bonds is 4. The molecule has 1 unspecified atom stereocenters. The van der Waals surface area contributed by atoms with Gasteiger partial charge >= 0.3 is 0 Å². The smallest absolute Gasteiger partial charge is 0.160 e. The molecule has 0 aromatic heterocycles. The molecule has 0 amide bonds. The molecule has 1 nitrogen and oxygen atoms in total. The van der Waals surface area contributed by atoms with Crippen LogP contribution in [0.5, 0.6) is 0 Å². The number of Topliss-reactive ketones (excluding diaryl/α,β-unsaturated/α-hetero) is 1. The van der Waals surface area contributed by atoms with Crippen LogP contribution < -0.4 is 0 Å². The lowest BCUT2D eigenvalue weighted by molar-refractivity contribution is 0.101. The van der Waals surface area contributed by atoms with Gasteiger partial charge in [0, 0.05) is 11.5 Å². The van der Waals surface area contributed by atoms with Gasteiger partial charge in [0.2, 0.25) is 0 Å². The van der Waals surface area contributed by atoms with Gasteiger partial charge in [-0.05, 0) is 35.2 Å². The van der Waals surface area contributed by atoms with Gasteiger partial charge in [-0.3, -0.25) is 4.79 Å². The maximum atomic E-state index is 12.0. The first-order valence-corrected chi connectivity index (χ1v) is 7.92. The molecular weight excluding hydrogens is 280 g/mol. The molecule has 0 heterocycles. The first-order valence-electron chi connectivity index (χ1n) is 7.92. The quantitative estimate of drug-likeness (QED) is 0.564. The van der Waals surface area contributed by atoms with Crippen molar-refractivity contribution in [2.45, 2.75) is 19.8 Å². The van der Waals surface area contributed by atoms with Gasteiger partial charge in [0.1, 0.15) is 0 Å². The molecule has 0 bridgehead atoms. The average molecular weight is 300 g/mol. The third-order valence-corrected chi connectivity index (χ3v) is 4.30. The molecule has 3 rings (SSSR count). The Kier molecular flexibility index (Phi) is 4.38. The fourth-order valence-electron chi connectivity index (χ4n) is 2.97. The fourth-order valence-corrected chi connectivity index (χ4v) is 2.97. The van der Waals surface area contributed by atoms with Gasteiger partial charge in [-0.2, -0.15) is 0 Å². The number of hydrogen-bond acceptors (Lipinski definition) is 1. The summed E-state index contributed by atoms with van der Waals surface area (Å²) in [7, 11) is 0. The maximum Gasteiger partial charge on any atom is 0.160 e. The fraction of sp³-hybridized carbons (Fsp3) is 0.136. The van der Waals surface area contributed by atoms with Crippen LogP contribution in [-0.2, 0) is 0 Å². The van der Waals surface area contributed by atoms with Gasteiger partial charge < -0.3 is 0 Å². The van der Waals surface area contributed by atoms with Crippen molar-refractivity contribution in [1.29, 1.82) is 0 Å². The minimum atomic E-state index is 0.113. The molecule has 23 heavy (non-hydrogen) atoms. The van der Waals surface area contributed by atoms with Crippen LogP contribution in [0.3, 0.4) is 0 Å². The highest BCUT2D eigenvalue weighted by Gasteiger charge is 2.16. The number of carbonyl (C=O) groups is 1. The second-order valence-corrected chi connectivity index (χ2v) is 5.86. The van der Waals surface area contributed by atoms with Crippen molar-refractivity contribution in [3.8, 4) is 11.1 Å². The van der Waals surface area contributed by atoms with Crippen molar-refractivity contribution in [2.75, 3.05) is 0 Å². The zero-order valence-corrected chi connectivity index (χ0v) is 13.5. The minimum absolute atomic E-state index is 0.113. The van der Waals surface area contributed by atoms with Crippen molar-refractivity contribution in [3.05, 3.63) is 95.6 Å². The van der Waals surface area contributed by atoms with E-state index in [2.05, 4.69) is 37.3 Å². The van der Waals surface area contributed by atoms with Gasteiger partial charge in [-0.1, -0.05) is 79.7 Å². The van der Waals surface area contributed by atoms with Gasteiger partial charge in [-0.25, -0.2) is 0 Å². The Bertz CT molecular complexity index is 804. The topological polar surface area (TPSA) is 17.1 Å². The highest BCUT2D eigenvalue weighted by Crippen LogP contribution is 2.31. The van der Waals surface area contributed by atoms with Gasteiger partial charge in [0.15, 0.2) is 5.78 Å². The molecule has 0 aliphatic rings. The van der Waals surface area contributed by atoms with E-state index in [1.54, 1.807) is 6.92 Å². The summed E-state index contributed by atoms with van der Waals surface area (Å²) in [6.45, 7) is 3.80. The number of ketones is 1. The summed E-state index contributed by atoms with van der Waals surface area (Å²) in [6, 6.07) is 26.8. The van der Waals surface area contributed by atoms with E-state index in [1.165, 1.54) is 11.1 Å². The molecule has 0 saturated heterocycles. The van der Waals surface area contributed by atoms with E-state index >= 15 is 0 Å². The highest BCUT2D eigenvalue weighted by atomic mass is 16.1. The number of hydrogen-bond donors (Lipinski definition) is 0. The Hall–Kier alpha value is -2.67. The first kappa shape index (κ1) is 15.2. The Morgan fingerprint density at radius 3 is 2.00 bits per heavy atom. The van der Waals surface area contributed by atoms with E-state index < -0.39 is 0 Å². The zero-order valence-electron chi connectivity index (χ0n) is 13.5. The van der Waals surface area contributed by atoms with E-state index in [4.69, 9.17) is 0 Å². The molecule has 3 aromatic carbocycles. The summed E-state index contributed by atoms with van der Waals surface area (Å²) < 4.78 is 0. The third-order valence-electron chi connectivity index (χ3n) is 4.30. The second kappa shape index (κ2) is 6.62. The molecule has 3 aromatic rings. The lowest BCUT2D eigenvalue weighted by atomic mass is 9.86. The van der Waals surface area contributed by atoms with E-state index in [1.807, 2.05) is 48.5 Å². The molecule has 114 valence electrons. The summed E-state index contributed by atoms with van der Waals surface area (Å²) in [5.74, 6) is 0.293. The highest BCUT2D eigenvalue weighted by molar-refractivity contribution is 5.96. The Morgan fingerprint density at radius 2 is 1.39 bits per heavy atom. The molecule has 0 aliphatic carbocycles. The van der Waals surface area contributed by atoms with E-state index in [-0.39, 0.29) is 11.7 Å². The molecule has 0 fully saturated rings. The molecule has 0 saturated carbocycles. The predicted molar refractivity (Wildman–Crippen MR) is 95.8 cm³/mol. The Balaban J connectivity index is 2.11. The molecule has 0 aliphatic heterocycles.